The summed E-state index contributed by atoms with van der Waals surface area (Å²) in [5.41, 5.74) is 3.64. The number of aromatic nitrogens is 1. The van der Waals surface area contributed by atoms with Gasteiger partial charge in [-0.15, -0.1) is 24.0 Å². The number of hydrogen-bond donors (Lipinski definition) is 2. The molecule has 2 N–H and O–H groups in total. The first-order valence-electron chi connectivity index (χ1n) is 8.70. The van der Waals surface area contributed by atoms with Gasteiger partial charge in [0.2, 0.25) is 0 Å². The molecular formula is C19H27IN4O3. The third kappa shape index (κ3) is 6.23. The number of guanidine groups is 1. The van der Waals surface area contributed by atoms with Gasteiger partial charge in [-0.1, -0.05) is 31.1 Å². The van der Waals surface area contributed by atoms with Gasteiger partial charge in [0, 0.05) is 32.1 Å². The Balaban J connectivity index is 0.00000364. The molecule has 0 radical (unpaired) electrons. The number of ether oxygens (including phenoxy) is 1. The number of aliphatic imine (C=N–C) groups is 1. The molecule has 1 aromatic heterocycles. The standard InChI is InChI=1S/C19H26N4O3.HI/c1-5-16-15(17(6-2)26-23-16)12-22-19(20-3)21-11-13-7-9-14(10-8-13)18(24)25-4;/h7-10H,5-6,11-12H2,1-4H3,(H2,20,21,22);1H. The highest BCUT2D eigenvalue weighted by Gasteiger charge is 2.13. The first-order valence-corrected chi connectivity index (χ1v) is 8.70. The summed E-state index contributed by atoms with van der Waals surface area (Å²) in [5.74, 6) is 1.25. The van der Waals surface area contributed by atoms with Crippen LogP contribution in [0.25, 0.3) is 0 Å². The Morgan fingerprint density at radius 1 is 1.15 bits per heavy atom. The van der Waals surface area contributed by atoms with E-state index in [1.807, 2.05) is 12.1 Å². The average Bonchev–Trinajstić information content (AvgIpc) is 3.09. The van der Waals surface area contributed by atoms with Gasteiger partial charge >= 0.3 is 5.97 Å². The number of carbonyl (C=O) groups excluding carboxylic acids is 1. The van der Waals surface area contributed by atoms with E-state index in [-0.39, 0.29) is 29.9 Å². The average molecular weight is 486 g/mol. The number of carbonyl (C=O) groups is 1. The fraction of sp³-hybridized carbons (Fsp3) is 0.421. The normalized spacial score (nSPS) is 10.9. The molecule has 7 nitrogen and oxygen atoms in total. The molecule has 148 valence electrons. The molecule has 8 heteroatoms. The quantitative estimate of drug-likeness (QED) is 0.271. The fourth-order valence-corrected chi connectivity index (χ4v) is 2.59. The second-order valence-corrected chi connectivity index (χ2v) is 5.71. The van der Waals surface area contributed by atoms with Gasteiger partial charge in [-0.3, -0.25) is 4.99 Å². The van der Waals surface area contributed by atoms with E-state index < -0.39 is 0 Å². The SMILES string of the molecule is CCc1noc(CC)c1CNC(=NC)NCc1ccc(C(=O)OC)cc1.I. The van der Waals surface area contributed by atoms with Crippen LogP contribution in [-0.2, 0) is 30.7 Å². The monoisotopic (exact) mass is 486 g/mol. The number of halogens is 1. The molecule has 0 amide bonds. The molecule has 0 bridgehead atoms. The van der Waals surface area contributed by atoms with Crippen LogP contribution >= 0.6 is 24.0 Å². The number of benzene rings is 1. The number of rotatable bonds is 7. The second kappa shape index (κ2) is 11.6. The molecule has 1 aromatic carbocycles. The van der Waals surface area contributed by atoms with Crippen molar-refractivity contribution in [2.45, 2.75) is 39.8 Å². The van der Waals surface area contributed by atoms with E-state index in [0.29, 0.717) is 24.6 Å². The van der Waals surface area contributed by atoms with Crippen molar-refractivity contribution in [1.29, 1.82) is 0 Å². The Hall–Kier alpha value is -2.10. The fourth-order valence-electron chi connectivity index (χ4n) is 2.59. The summed E-state index contributed by atoms with van der Waals surface area (Å²) in [7, 11) is 3.10. The zero-order chi connectivity index (χ0) is 18.9. The number of aryl methyl sites for hydroxylation is 2. The van der Waals surface area contributed by atoms with Crippen LogP contribution in [0, 0.1) is 0 Å². The Labute approximate surface area is 177 Å². The van der Waals surface area contributed by atoms with E-state index in [1.54, 1.807) is 19.2 Å². The molecule has 0 atom stereocenters. The zero-order valence-corrected chi connectivity index (χ0v) is 18.5. The summed E-state index contributed by atoms with van der Waals surface area (Å²) < 4.78 is 10.1. The lowest BCUT2D eigenvalue weighted by atomic mass is 10.1. The van der Waals surface area contributed by atoms with Gasteiger partial charge in [0.1, 0.15) is 5.76 Å². The van der Waals surface area contributed by atoms with Crippen molar-refractivity contribution in [2.24, 2.45) is 4.99 Å². The van der Waals surface area contributed by atoms with Crippen LogP contribution < -0.4 is 10.6 Å². The van der Waals surface area contributed by atoms with Gasteiger partial charge in [-0.05, 0) is 24.1 Å². The molecule has 27 heavy (non-hydrogen) atoms. The third-order valence-electron chi connectivity index (χ3n) is 4.10. The van der Waals surface area contributed by atoms with Crippen molar-refractivity contribution in [3.05, 3.63) is 52.4 Å². The van der Waals surface area contributed by atoms with Crippen LogP contribution in [0.3, 0.4) is 0 Å². The summed E-state index contributed by atoms with van der Waals surface area (Å²) in [6.45, 7) is 5.31. The minimum atomic E-state index is -0.339. The van der Waals surface area contributed by atoms with Crippen molar-refractivity contribution in [3.63, 3.8) is 0 Å². The number of methoxy groups -OCH3 is 1. The van der Waals surface area contributed by atoms with Crippen LogP contribution in [-0.4, -0.2) is 31.2 Å². The molecular weight excluding hydrogens is 459 g/mol. The van der Waals surface area contributed by atoms with Crippen molar-refractivity contribution in [1.82, 2.24) is 15.8 Å². The highest BCUT2D eigenvalue weighted by molar-refractivity contribution is 14.0. The maximum absolute atomic E-state index is 11.5. The Morgan fingerprint density at radius 2 is 1.81 bits per heavy atom. The number of esters is 1. The minimum Gasteiger partial charge on any atom is -0.465 e. The predicted molar refractivity (Wildman–Crippen MR) is 115 cm³/mol. The molecule has 2 aromatic rings. The first kappa shape index (κ1) is 22.9. The summed E-state index contributed by atoms with van der Waals surface area (Å²) in [6, 6.07) is 7.27. The van der Waals surface area contributed by atoms with Crippen LogP contribution in [0.1, 0.15) is 46.8 Å². The number of nitrogens with zero attached hydrogens (tertiary/aromatic N) is 2. The molecule has 0 spiro atoms. The summed E-state index contributed by atoms with van der Waals surface area (Å²) in [5, 5.41) is 10.7. The van der Waals surface area contributed by atoms with E-state index >= 15 is 0 Å². The van der Waals surface area contributed by atoms with Crippen LogP contribution in [0.5, 0.6) is 0 Å². The summed E-state index contributed by atoms with van der Waals surface area (Å²) in [4.78, 5) is 15.7. The van der Waals surface area contributed by atoms with Crippen LogP contribution in [0.15, 0.2) is 33.8 Å². The zero-order valence-electron chi connectivity index (χ0n) is 16.2. The molecule has 0 unspecified atom stereocenters. The van der Waals surface area contributed by atoms with E-state index in [4.69, 9.17) is 9.26 Å². The molecule has 0 aliphatic carbocycles. The molecule has 0 aliphatic heterocycles. The van der Waals surface area contributed by atoms with Gasteiger partial charge in [0.05, 0.1) is 18.4 Å². The molecule has 0 fully saturated rings. The molecule has 1 heterocycles. The maximum atomic E-state index is 11.5. The van der Waals surface area contributed by atoms with Gasteiger partial charge in [-0.2, -0.15) is 0 Å². The molecule has 2 rings (SSSR count). The maximum Gasteiger partial charge on any atom is 0.337 e. The van der Waals surface area contributed by atoms with E-state index in [1.165, 1.54) is 7.11 Å². The third-order valence-corrected chi connectivity index (χ3v) is 4.10. The lowest BCUT2D eigenvalue weighted by Gasteiger charge is -2.12. The Morgan fingerprint density at radius 3 is 2.37 bits per heavy atom. The van der Waals surface area contributed by atoms with E-state index in [9.17, 15) is 4.79 Å². The molecule has 0 saturated heterocycles. The second-order valence-electron chi connectivity index (χ2n) is 5.71. The highest BCUT2D eigenvalue weighted by atomic mass is 127. The molecule has 0 saturated carbocycles. The highest BCUT2D eigenvalue weighted by Crippen LogP contribution is 2.15. The van der Waals surface area contributed by atoms with Gasteiger partial charge in [0.25, 0.3) is 0 Å². The lowest BCUT2D eigenvalue weighted by molar-refractivity contribution is 0.0600. The topological polar surface area (TPSA) is 88.8 Å². The number of hydrogen-bond acceptors (Lipinski definition) is 5. The van der Waals surface area contributed by atoms with Crippen molar-refractivity contribution < 1.29 is 14.1 Å². The lowest BCUT2D eigenvalue weighted by Crippen LogP contribution is -2.36. The van der Waals surface area contributed by atoms with Crippen LogP contribution in [0.4, 0.5) is 0 Å². The smallest absolute Gasteiger partial charge is 0.337 e. The van der Waals surface area contributed by atoms with Crippen molar-refractivity contribution >= 4 is 35.9 Å². The Bertz CT molecular complexity index is 735. The van der Waals surface area contributed by atoms with Gasteiger partial charge < -0.3 is 19.9 Å². The van der Waals surface area contributed by atoms with Crippen molar-refractivity contribution in [3.8, 4) is 0 Å². The van der Waals surface area contributed by atoms with Crippen LogP contribution in [0.2, 0.25) is 0 Å². The largest absolute Gasteiger partial charge is 0.465 e. The summed E-state index contributed by atoms with van der Waals surface area (Å²) >= 11 is 0. The van der Waals surface area contributed by atoms with Gasteiger partial charge in [0.15, 0.2) is 5.96 Å². The Kier molecular flexibility index (Phi) is 9.84. The van der Waals surface area contributed by atoms with E-state index in [0.717, 1.165) is 35.4 Å². The first-order chi connectivity index (χ1) is 12.6. The van der Waals surface area contributed by atoms with E-state index in [2.05, 4.69) is 34.6 Å². The van der Waals surface area contributed by atoms with Gasteiger partial charge in [-0.25, -0.2) is 4.79 Å². The number of nitrogens with one attached hydrogen (secondary N) is 2. The molecule has 0 aliphatic rings. The minimum absolute atomic E-state index is 0. The van der Waals surface area contributed by atoms with Crippen molar-refractivity contribution in [2.75, 3.05) is 14.2 Å². The predicted octanol–water partition coefficient (Wildman–Crippen LogP) is 3.07. The summed E-state index contributed by atoms with van der Waals surface area (Å²) in [6.07, 6.45) is 1.64.